The minimum Gasteiger partial charge on any atom is -0.456 e. The summed E-state index contributed by atoms with van der Waals surface area (Å²) < 4.78 is 6.27. The third kappa shape index (κ3) is 6.12. The summed E-state index contributed by atoms with van der Waals surface area (Å²) >= 11 is 0. The van der Waals surface area contributed by atoms with Gasteiger partial charge in [0, 0.05) is 27.8 Å². The van der Waals surface area contributed by atoms with E-state index in [9.17, 15) is 0 Å². The van der Waals surface area contributed by atoms with Crippen LogP contribution in [0.25, 0.3) is 98.8 Å². The summed E-state index contributed by atoms with van der Waals surface area (Å²) in [5.74, 6) is 0. The largest absolute Gasteiger partial charge is 0.456 e. The van der Waals surface area contributed by atoms with E-state index in [1.165, 1.54) is 71.3 Å². The molecule has 0 spiro atoms. The van der Waals surface area contributed by atoms with Gasteiger partial charge in [0.25, 0.3) is 0 Å². The van der Waals surface area contributed by atoms with Gasteiger partial charge < -0.3 is 9.32 Å². The van der Waals surface area contributed by atoms with Crippen LogP contribution in [0.4, 0.5) is 17.1 Å². The van der Waals surface area contributed by atoms with Gasteiger partial charge in [-0.05, 0) is 137 Å². The lowest BCUT2D eigenvalue weighted by molar-refractivity contribution is 0.669. The Kier molecular flexibility index (Phi) is 8.53. The van der Waals surface area contributed by atoms with Crippen LogP contribution < -0.4 is 4.90 Å². The van der Waals surface area contributed by atoms with Gasteiger partial charge in [0.05, 0.1) is 0 Å². The Morgan fingerprint density at radius 2 is 0.710 bits per heavy atom. The van der Waals surface area contributed by atoms with Crippen molar-refractivity contribution >= 4 is 71.3 Å². The van der Waals surface area contributed by atoms with Crippen molar-refractivity contribution in [3.05, 3.63) is 237 Å². The van der Waals surface area contributed by atoms with Crippen molar-refractivity contribution < 1.29 is 4.42 Å². The van der Waals surface area contributed by atoms with Crippen LogP contribution in [0.2, 0.25) is 0 Å². The molecule has 0 aliphatic heterocycles. The second-order valence-electron chi connectivity index (χ2n) is 16.1. The van der Waals surface area contributed by atoms with E-state index in [2.05, 4.69) is 229 Å². The summed E-state index contributed by atoms with van der Waals surface area (Å²) in [4.78, 5) is 2.36. The molecule has 0 saturated carbocycles. The van der Waals surface area contributed by atoms with Crippen molar-refractivity contribution in [2.24, 2.45) is 0 Å². The van der Waals surface area contributed by atoms with Crippen LogP contribution in [0.15, 0.2) is 241 Å². The lowest BCUT2D eigenvalue weighted by atomic mass is 9.84. The van der Waals surface area contributed by atoms with E-state index in [-0.39, 0.29) is 0 Å². The molecule has 0 aliphatic rings. The molecular weight excluding hydrogens is 751 g/mol. The summed E-state index contributed by atoms with van der Waals surface area (Å²) in [6.45, 7) is 0. The monoisotopic (exact) mass is 789 g/mol. The van der Waals surface area contributed by atoms with Gasteiger partial charge in [0.15, 0.2) is 0 Å². The molecule has 2 nitrogen and oxygen atoms in total. The minimum absolute atomic E-state index is 0.881. The van der Waals surface area contributed by atoms with Gasteiger partial charge >= 0.3 is 0 Å². The maximum Gasteiger partial charge on any atom is 0.135 e. The number of benzene rings is 11. The Hall–Kier alpha value is -8.20. The number of furan rings is 1. The topological polar surface area (TPSA) is 16.4 Å². The van der Waals surface area contributed by atoms with Crippen molar-refractivity contribution in [3.63, 3.8) is 0 Å². The summed E-state index contributed by atoms with van der Waals surface area (Å²) in [5.41, 5.74) is 14.7. The fourth-order valence-electron chi connectivity index (χ4n) is 9.47. The molecule has 0 N–H and O–H groups in total. The number of para-hydroxylation sites is 1. The van der Waals surface area contributed by atoms with Crippen LogP contribution >= 0.6 is 0 Å². The molecule has 0 radical (unpaired) electrons. The molecule has 0 unspecified atom stereocenters. The van der Waals surface area contributed by atoms with Crippen molar-refractivity contribution in [1.82, 2.24) is 0 Å². The molecule has 1 aromatic heterocycles. The third-order valence-corrected chi connectivity index (χ3v) is 12.4. The van der Waals surface area contributed by atoms with E-state index in [0.717, 1.165) is 44.6 Å². The molecule has 0 bridgehead atoms. The Labute approximate surface area is 360 Å². The first-order valence-electron chi connectivity index (χ1n) is 21.2. The number of nitrogens with zero attached hydrogens (tertiary/aromatic N) is 1. The summed E-state index contributed by atoms with van der Waals surface area (Å²) in [7, 11) is 0. The van der Waals surface area contributed by atoms with Crippen molar-refractivity contribution in [3.8, 4) is 44.5 Å². The van der Waals surface area contributed by atoms with E-state index >= 15 is 0 Å². The van der Waals surface area contributed by atoms with Gasteiger partial charge in [-0.15, -0.1) is 0 Å². The predicted molar refractivity (Wildman–Crippen MR) is 263 cm³/mol. The molecule has 0 saturated heterocycles. The van der Waals surface area contributed by atoms with Gasteiger partial charge in [0.2, 0.25) is 0 Å². The van der Waals surface area contributed by atoms with E-state index in [4.69, 9.17) is 4.42 Å². The lowest BCUT2D eigenvalue weighted by Crippen LogP contribution is -2.09. The van der Waals surface area contributed by atoms with Crippen molar-refractivity contribution in [2.75, 3.05) is 4.90 Å². The highest BCUT2D eigenvalue weighted by Gasteiger charge is 2.20. The van der Waals surface area contributed by atoms with Crippen molar-refractivity contribution in [2.45, 2.75) is 0 Å². The lowest BCUT2D eigenvalue weighted by Gasteiger charge is -2.26. The molecule has 12 rings (SSSR count). The van der Waals surface area contributed by atoms with E-state index in [1.807, 2.05) is 12.1 Å². The maximum atomic E-state index is 6.27. The first-order chi connectivity index (χ1) is 30.7. The van der Waals surface area contributed by atoms with Crippen LogP contribution in [-0.4, -0.2) is 0 Å². The second kappa shape index (κ2) is 14.8. The van der Waals surface area contributed by atoms with E-state index in [0.29, 0.717) is 0 Å². The highest BCUT2D eigenvalue weighted by Crippen LogP contribution is 2.46. The Morgan fingerprint density at radius 3 is 1.45 bits per heavy atom. The second-order valence-corrected chi connectivity index (χ2v) is 16.1. The first kappa shape index (κ1) is 35.7. The highest BCUT2D eigenvalue weighted by atomic mass is 16.3. The van der Waals surface area contributed by atoms with Crippen molar-refractivity contribution in [1.29, 1.82) is 0 Å². The average Bonchev–Trinajstić information content (AvgIpc) is 3.72. The SMILES string of the molecule is c1ccc(-c2ccc3cc(N(c4ccc(-c5ccc6c(c5)c(-c5ccccc5)c(-c5ccccc5)c5ccccc56)cc4)c4ccc5oc6ccccc6c5c4)ccc3c2)cc1. The van der Waals surface area contributed by atoms with Crippen LogP contribution in [0, 0.1) is 0 Å². The summed E-state index contributed by atoms with van der Waals surface area (Å²) in [6, 6.07) is 85.6. The number of anilines is 3. The van der Waals surface area contributed by atoms with Crippen LogP contribution in [0.1, 0.15) is 0 Å². The van der Waals surface area contributed by atoms with Crippen LogP contribution in [0.3, 0.4) is 0 Å². The molecule has 2 heteroatoms. The molecule has 11 aromatic carbocycles. The van der Waals surface area contributed by atoms with E-state index < -0.39 is 0 Å². The fourth-order valence-corrected chi connectivity index (χ4v) is 9.47. The normalized spacial score (nSPS) is 11.5. The molecule has 0 atom stereocenters. The molecule has 290 valence electrons. The molecule has 1 heterocycles. The molecule has 0 amide bonds. The van der Waals surface area contributed by atoms with Gasteiger partial charge in [-0.1, -0.05) is 176 Å². The zero-order chi connectivity index (χ0) is 41.0. The number of hydrogen-bond acceptors (Lipinski definition) is 2. The van der Waals surface area contributed by atoms with Gasteiger partial charge in [-0.25, -0.2) is 0 Å². The predicted octanol–water partition coefficient (Wildman–Crippen LogP) is 17.2. The molecule has 0 fully saturated rings. The number of hydrogen-bond donors (Lipinski definition) is 0. The molecular formula is C60H39NO. The van der Waals surface area contributed by atoms with Crippen LogP contribution in [-0.2, 0) is 0 Å². The Bertz CT molecular complexity index is 3610. The smallest absolute Gasteiger partial charge is 0.135 e. The van der Waals surface area contributed by atoms with Gasteiger partial charge in [-0.3, -0.25) is 0 Å². The highest BCUT2D eigenvalue weighted by molar-refractivity contribution is 6.22. The fraction of sp³-hybridized carbons (Fsp3) is 0. The Morgan fingerprint density at radius 1 is 0.242 bits per heavy atom. The number of fused-ring (bicyclic) bond motifs is 7. The maximum absolute atomic E-state index is 6.27. The average molecular weight is 790 g/mol. The number of rotatable bonds is 7. The zero-order valence-electron chi connectivity index (χ0n) is 33.9. The molecule has 0 aliphatic carbocycles. The third-order valence-electron chi connectivity index (χ3n) is 12.4. The molecule has 62 heavy (non-hydrogen) atoms. The quantitative estimate of drug-likeness (QED) is 0.150. The molecule has 12 aromatic rings. The van der Waals surface area contributed by atoms with E-state index in [1.54, 1.807) is 0 Å². The van der Waals surface area contributed by atoms with Gasteiger partial charge in [0.1, 0.15) is 11.2 Å². The Balaban J connectivity index is 1.01. The standard InChI is InChI=1S/C60H39NO/c1-4-14-40(15-5-1)44-24-25-46-37-49(32-28-45(46)36-44)61(50-33-35-58-55(39-50)53-21-12-13-23-57(53)62-58)48-30-26-41(27-31-48)47-29-34-52-51-20-10-11-22-54(51)59(42-16-6-2-7-17-42)60(56(52)38-47)43-18-8-3-9-19-43/h1-39H. The first-order valence-corrected chi connectivity index (χ1v) is 21.2. The summed E-state index contributed by atoms with van der Waals surface area (Å²) in [5, 5.41) is 9.61. The van der Waals surface area contributed by atoms with Gasteiger partial charge in [-0.2, -0.15) is 0 Å². The minimum atomic E-state index is 0.881. The summed E-state index contributed by atoms with van der Waals surface area (Å²) in [6.07, 6.45) is 0. The zero-order valence-corrected chi connectivity index (χ0v) is 33.9. The van der Waals surface area contributed by atoms with Crippen LogP contribution in [0.5, 0.6) is 0 Å².